The average molecular weight is 301 g/mol. The number of benzene rings is 2. The summed E-state index contributed by atoms with van der Waals surface area (Å²) in [6.45, 7) is 0. The van der Waals surface area contributed by atoms with Gasteiger partial charge in [0.25, 0.3) is 0 Å². The van der Waals surface area contributed by atoms with Crippen LogP contribution >= 0.6 is 11.6 Å². The Morgan fingerprint density at radius 3 is 2.62 bits per heavy atom. The zero-order valence-corrected chi connectivity index (χ0v) is 11.8. The number of nitriles is 1. The number of phenols is 1. The van der Waals surface area contributed by atoms with Crippen LogP contribution in [-0.4, -0.2) is 11.0 Å². The molecular weight excluding hydrogens is 288 g/mol. The van der Waals surface area contributed by atoms with Crippen LogP contribution in [0.1, 0.15) is 17.2 Å². The SMILES string of the molecule is N#CC(NC(=O)Cc1cccc(O)c1)c1ccc(Cl)cc1. The van der Waals surface area contributed by atoms with Crippen LogP contribution in [0.4, 0.5) is 0 Å². The van der Waals surface area contributed by atoms with Gasteiger partial charge in [-0.1, -0.05) is 35.9 Å². The van der Waals surface area contributed by atoms with Crippen LogP contribution in [0.25, 0.3) is 0 Å². The number of carbonyl (C=O) groups is 1. The fourth-order valence-electron chi connectivity index (χ4n) is 1.91. The lowest BCUT2D eigenvalue weighted by Gasteiger charge is -2.12. The van der Waals surface area contributed by atoms with E-state index in [-0.39, 0.29) is 18.1 Å². The van der Waals surface area contributed by atoms with E-state index in [1.165, 1.54) is 12.1 Å². The van der Waals surface area contributed by atoms with E-state index in [0.717, 1.165) is 0 Å². The van der Waals surface area contributed by atoms with Crippen LogP contribution in [0.5, 0.6) is 5.75 Å². The van der Waals surface area contributed by atoms with Gasteiger partial charge in [0.2, 0.25) is 5.91 Å². The maximum atomic E-state index is 12.0. The highest BCUT2D eigenvalue weighted by Gasteiger charge is 2.14. The summed E-state index contributed by atoms with van der Waals surface area (Å²) in [6, 6.07) is 14.5. The Labute approximate surface area is 127 Å². The first-order chi connectivity index (χ1) is 10.1. The Balaban J connectivity index is 2.03. The second-order valence-corrected chi connectivity index (χ2v) is 4.96. The Kier molecular flexibility index (Phi) is 4.81. The van der Waals surface area contributed by atoms with Crippen molar-refractivity contribution < 1.29 is 9.90 Å². The minimum Gasteiger partial charge on any atom is -0.508 e. The number of amides is 1. The first-order valence-electron chi connectivity index (χ1n) is 6.31. The molecule has 0 aliphatic heterocycles. The molecule has 4 nitrogen and oxygen atoms in total. The average Bonchev–Trinajstić information content (AvgIpc) is 2.46. The van der Waals surface area contributed by atoms with E-state index < -0.39 is 6.04 Å². The third kappa shape index (κ3) is 4.23. The van der Waals surface area contributed by atoms with Gasteiger partial charge in [-0.3, -0.25) is 4.79 Å². The largest absolute Gasteiger partial charge is 0.508 e. The summed E-state index contributed by atoms with van der Waals surface area (Å²) in [5.74, 6) is -0.183. The molecule has 2 rings (SSSR count). The molecule has 1 atom stereocenters. The lowest BCUT2D eigenvalue weighted by Crippen LogP contribution is -2.28. The van der Waals surface area contributed by atoms with E-state index in [1.807, 2.05) is 6.07 Å². The molecule has 106 valence electrons. The predicted octanol–water partition coefficient (Wildman–Crippen LogP) is 2.97. The molecule has 2 aromatic rings. The summed E-state index contributed by atoms with van der Waals surface area (Å²) in [4.78, 5) is 12.0. The van der Waals surface area contributed by atoms with E-state index in [2.05, 4.69) is 5.32 Å². The van der Waals surface area contributed by atoms with Gasteiger partial charge >= 0.3 is 0 Å². The van der Waals surface area contributed by atoms with Crippen molar-refractivity contribution >= 4 is 17.5 Å². The summed E-state index contributed by atoms with van der Waals surface area (Å²) < 4.78 is 0. The first kappa shape index (κ1) is 14.9. The van der Waals surface area contributed by atoms with E-state index in [0.29, 0.717) is 16.1 Å². The fourth-order valence-corrected chi connectivity index (χ4v) is 2.04. The summed E-state index contributed by atoms with van der Waals surface area (Å²) in [7, 11) is 0. The molecule has 0 saturated carbocycles. The topological polar surface area (TPSA) is 73.1 Å². The van der Waals surface area contributed by atoms with Crippen molar-refractivity contribution in [2.45, 2.75) is 12.5 Å². The zero-order valence-electron chi connectivity index (χ0n) is 11.1. The Morgan fingerprint density at radius 1 is 1.29 bits per heavy atom. The predicted molar refractivity (Wildman–Crippen MR) is 79.8 cm³/mol. The van der Waals surface area contributed by atoms with Crippen molar-refractivity contribution in [2.75, 3.05) is 0 Å². The monoisotopic (exact) mass is 300 g/mol. The van der Waals surface area contributed by atoms with E-state index in [4.69, 9.17) is 11.6 Å². The first-order valence-corrected chi connectivity index (χ1v) is 6.68. The van der Waals surface area contributed by atoms with Gasteiger partial charge in [0.15, 0.2) is 0 Å². The highest BCUT2D eigenvalue weighted by molar-refractivity contribution is 6.30. The fraction of sp³-hybridized carbons (Fsp3) is 0.125. The smallest absolute Gasteiger partial charge is 0.225 e. The number of aromatic hydroxyl groups is 1. The lowest BCUT2D eigenvalue weighted by molar-refractivity contribution is -0.120. The quantitative estimate of drug-likeness (QED) is 0.911. The highest BCUT2D eigenvalue weighted by atomic mass is 35.5. The van der Waals surface area contributed by atoms with Crippen LogP contribution in [0.2, 0.25) is 5.02 Å². The second kappa shape index (κ2) is 6.78. The van der Waals surface area contributed by atoms with Gasteiger partial charge in [-0.25, -0.2) is 0 Å². The van der Waals surface area contributed by atoms with Crippen LogP contribution in [0, 0.1) is 11.3 Å². The Hall–Kier alpha value is -2.51. The molecule has 0 heterocycles. The van der Waals surface area contributed by atoms with Crippen LogP contribution in [-0.2, 0) is 11.2 Å². The number of carbonyl (C=O) groups excluding carboxylic acids is 1. The number of hydrogen-bond acceptors (Lipinski definition) is 3. The van der Waals surface area contributed by atoms with Crippen molar-refractivity contribution in [1.29, 1.82) is 5.26 Å². The van der Waals surface area contributed by atoms with Crippen molar-refractivity contribution in [3.63, 3.8) is 0 Å². The third-order valence-corrected chi connectivity index (χ3v) is 3.16. The molecule has 0 spiro atoms. The van der Waals surface area contributed by atoms with Gasteiger partial charge in [-0.05, 0) is 35.4 Å². The molecule has 2 N–H and O–H groups in total. The van der Waals surface area contributed by atoms with Crippen molar-refractivity contribution in [3.05, 3.63) is 64.7 Å². The molecular formula is C16H13ClN2O2. The maximum absolute atomic E-state index is 12.0. The molecule has 0 saturated heterocycles. The van der Waals surface area contributed by atoms with Gasteiger partial charge in [-0.15, -0.1) is 0 Å². The molecule has 0 aromatic heterocycles. The molecule has 2 aromatic carbocycles. The van der Waals surface area contributed by atoms with Crippen molar-refractivity contribution in [3.8, 4) is 11.8 Å². The molecule has 0 aliphatic rings. The molecule has 0 aliphatic carbocycles. The Bertz CT molecular complexity index is 677. The molecule has 0 bridgehead atoms. The molecule has 0 fully saturated rings. The van der Waals surface area contributed by atoms with Crippen LogP contribution in [0.3, 0.4) is 0 Å². The second-order valence-electron chi connectivity index (χ2n) is 4.53. The normalized spacial score (nSPS) is 11.4. The summed E-state index contributed by atoms with van der Waals surface area (Å²) in [5, 5.41) is 21.7. The number of nitrogens with one attached hydrogen (secondary N) is 1. The van der Waals surface area contributed by atoms with E-state index in [1.54, 1.807) is 36.4 Å². The summed E-state index contributed by atoms with van der Waals surface area (Å²) in [6.07, 6.45) is 0.0974. The van der Waals surface area contributed by atoms with Crippen LogP contribution in [0.15, 0.2) is 48.5 Å². The number of nitrogens with zero attached hydrogens (tertiary/aromatic N) is 1. The van der Waals surface area contributed by atoms with Gasteiger partial charge in [0.1, 0.15) is 11.8 Å². The van der Waals surface area contributed by atoms with Gasteiger partial charge in [-0.2, -0.15) is 5.26 Å². The molecule has 21 heavy (non-hydrogen) atoms. The van der Waals surface area contributed by atoms with Gasteiger partial charge < -0.3 is 10.4 Å². The Morgan fingerprint density at radius 2 is 2.00 bits per heavy atom. The number of phenolic OH excluding ortho intramolecular Hbond substituents is 1. The van der Waals surface area contributed by atoms with Crippen LogP contribution < -0.4 is 5.32 Å². The minimum absolute atomic E-state index is 0.0974. The van der Waals surface area contributed by atoms with Gasteiger partial charge in [0.05, 0.1) is 12.5 Å². The third-order valence-electron chi connectivity index (χ3n) is 2.91. The number of hydrogen-bond donors (Lipinski definition) is 2. The standard InChI is InChI=1S/C16H13ClN2O2/c17-13-6-4-12(5-7-13)15(10-18)19-16(21)9-11-2-1-3-14(20)8-11/h1-8,15,20H,9H2,(H,19,21). The summed E-state index contributed by atoms with van der Waals surface area (Å²) >= 11 is 5.79. The van der Waals surface area contributed by atoms with Crippen molar-refractivity contribution in [2.24, 2.45) is 0 Å². The van der Waals surface area contributed by atoms with E-state index in [9.17, 15) is 15.2 Å². The number of rotatable bonds is 4. The van der Waals surface area contributed by atoms with Crippen molar-refractivity contribution in [1.82, 2.24) is 5.32 Å². The zero-order chi connectivity index (χ0) is 15.2. The molecule has 1 amide bonds. The molecule has 1 unspecified atom stereocenters. The minimum atomic E-state index is -0.730. The molecule has 0 radical (unpaired) electrons. The lowest BCUT2D eigenvalue weighted by atomic mass is 10.1. The molecule has 5 heteroatoms. The van der Waals surface area contributed by atoms with Gasteiger partial charge in [0, 0.05) is 5.02 Å². The highest BCUT2D eigenvalue weighted by Crippen LogP contribution is 2.17. The number of halogens is 1. The summed E-state index contributed by atoms with van der Waals surface area (Å²) in [5.41, 5.74) is 1.35. The maximum Gasteiger partial charge on any atom is 0.225 e. The van der Waals surface area contributed by atoms with E-state index >= 15 is 0 Å².